The van der Waals surface area contributed by atoms with Gasteiger partial charge in [-0.1, -0.05) is 66.7 Å². The molecule has 0 saturated carbocycles. The second-order valence-electron chi connectivity index (χ2n) is 4.92. The van der Waals surface area contributed by atoms with E-state index in [1.54, 1.807) is 18.2 Å². The lowest BCUT2D eigenvalue weighted by atomic mass is 9.81. The standard InChI is InChI=1S/C12H8.C6H5IO3S/c1-2-6-10-9(5-1)11-7-3-4-8-12(10)11;7-10-11(8,9)6-4-2-1-3-5-6/h1-8H;1-5H. The summed E-state index contributed by atoms with van der Waals surface area (Å²) in [5.41, 5.74) is 5.59. The number of hydrogen-bond donors (Lipinski definition) is 0. The van der Waals surface area contributed by atoms with Crippen molar-refractivity contribution in [2.45, 2.75) is 4.90 Å². The molecule has 5 heteroatoms. The average Bonchev–Trinajstić information content (AvgIpc) is 2.61. The van der Waals surface area contributed by atoms with Gasteiger partial charge in [0.1, 0.15) is 23.0 Å². The highest BCUT2D eigenvalue weighted by molar-refractivity contribution is 14.1. The first-order valence-corrected chi connectivity index (χ1v) is 9.21. The van der Waals surface area contributed by atoms with Crippen molar-refractivity contribution in [3.63, 3.8) is 0 Å². The van der Waals surface area contributed by atoms with Crippen molar-refractivity contribution >= 4 is 33.1 Å². The van der Waals surface area contributed by atoms with Gasteiger partial charge in [0.15, 0.2) is 0 Å². The van der Waals surface area contributed by atoms with E-state index >= 15 is 0 Å². The van der Waals surface area contributed by atoms with Crippen molar-refractivity contribution < 1.29 is 10.9 Å². The van der Waals surface area contributed by atoms with Crippen LogP contribution in [0.2, 0.25) is 0 Å². The van der Waals surface area contributed by atoms with Crippen molar-refractivity contribution in [1.82, 2.24) is 0 Å². The second kappa shape index (κ2) is 6.82. The zero-order valence-electron chi connectivity index (χ0n) is 12.0. The van der Waals surface area contributed by atoms with Crippen molar-refractivity contribution in [2.24, 2.45) is 0 Å². The Labute approximate surface area is 149 Å². The van der Waals surface area contributed by atoms with Crippen LogP contribution in [0.4, 0.5) is 0 Å². The fraction of sp³-hybridized carbons (Fsp3) is 0. The predicted octanol–water partition coefficient (Wildman–Crippen LogP) is 5.08. The summed E-state index contributed by atoms with van der Waals surface area (Å²) in [7, 11) is -3.51. The Morgan fingerprint density at radius 3 is 1.30 bits per heavy atom. The highest BCUT2D eigenvalue weighted by atomic mass is 127. The van der Waals surface area contributed by atoms with E-state index in [-0.39, 0.29) is 4.90 Å². The monoisotopic (exact) mass is 436 g/mol. The molecule has 0 bridgehead atoms. The summed E-state index contributed by atoms with van der Waals surface area (Å²) in [5, 5.41) is 0. The molecule has 0 radical (unpaired) electrons. The third kappa shape index (κ3) is 3.31. The van der Waals surface area contributed by atoms with Crippen LogP contribution in [-0.4, -0.2) is 8.42 Å². The molecular weight excluding hydrogens is 423 g/mol. The van der Waals surface area contributed by atoms with Gasteiger partial charge in [-0.05, 0) is 34.4 Å². The van der Waals surface area contributed by atoms with E-state index in [4.69, 9.17) is 0 Å². The highest BCUT2D eigenvalue weighted by Crippen LogP contribution is 2.46. The summed E-state index contributed by atoms with van der Waals surface area (Å²) >= 11 is 1.35. The molecule has 0 N–H and O–H groups in total. The molecule has 0 fully saturated rings. The Bertz CT molecular complexity index is 822. The number of fused-ring (bicyclic) bond motifs is 4. The number of halogens is 1. The van der Waals surface area contributed by atoms with E-state index in [0.29, 0.717) is 0 Å². The van der Waals surface area contributed by atoms with Crippen LogP contribution in [-0.2, 0) is 12.6 Å². The van der Waals surface area contributed by atoms with Crippen LogP contribution in [0, 0.1) is 0 Å². The highest BCUT2D eigenvalue weighted by Gasteiger charge is 2.19. The number of hydrogen-bond acceptors (Lipinski definition) is 3. The van der Waals surface area contributed by atoms with Gasteiger partial charge in [-0.2, -0.15) is 10.9 Å². The van der Waals surface area contributed by atoms with Crippen LogP contribution in [0.15, 0.2) is 83.8 Å². The Morgan fingerprint density at radius 1 is 0.609 bits per heavy atom. The van der Waals surface area contributed by atoms with E-state index in [2.05, 4.69) is 51.0 Å². The van der Waals surface area contributed by atoms with Gasteiger partial charge in [-0.25, -0.2) is 0 Å². The summed E-state index contributed by atoms with van der Waals surface area (Å²) in [5.74, 6) is 0. The van der Waals surface area contributed by atoms with E-state index in [9.17, 15) is 8.42 Å². The van der Waals surface area contributed by atoms with E-state index in [1.807, 2.05) is 0 Å². The Balaban J connectivity index is 0.000000137. The molecule has 0 amide bonds. The van der Waals surface area contributed by atoms with Crippen molar-refractivity contribution in [2.75, 3.05) is 0 Å². The normalized spacial score (nSPS) is 11.3. The maximum absolute atomic E-state index is 11.0. The maximum atomic E-state index is 11.0. The first-order chi connectivity index (χ1) is 11.1. The average molecular weight is 436 g/mol. The van der Waals surface area contributed by atoms with Gasteiger partial charge in [0.25, 0.3) is 0 Å². The molecule has 0 aliphatic heterocycles. The fourth-order valence-corrected chi connectivity index (χ4v) is 3.65. The third-order valence-corrected chi connectivity index (χ3v) is 5.98. The van der Waals surface area contributed by atoms with Crippen LogP contribution in [0.1, 0.15) is 0 Å². The van der Waals surface area contributed by atoms with Gasteiger partial charge in [0, 0.05) is 0 Å². The van der Waals surface area contributed by atoms with Gasteiger partial charge in [-0.15, -0.1) is 0 Å². The molecule has 1 aliphatic carbocycles. The third-order valence-electron chi connectivity index (χ3n) is 3.55. The van der Waals surface area contributed by atoms with Crippen LogP contribution in [0.25, 0.3) is 22.3 Å². The van der Waals surface area contributed by atoms with Crippen LogP contribution < -0.4 is 0 Å². The van der Waals surface area contributed by atoms with E-state index in [1.165, 1.54) is 57.4 Å². The van der Waals surface area contributed by atoms with Gasteiger partial charge >= 0.3 is 10.1 Å². The summed E-state index contributed by atoms with van der Waals surface area (Å²) < 4.78 is 26.2. The minimum atomic E-state index is -3.51. The van der Waals surface area contributed by atoms with Gasteiger partial charge in [0.2, 0.25) is 0 Å². The Morgan fingerprint density at radius 2 is 0.957 bits per heavy atom. The predicted molar refractivity (Wildman–Crippen MR) is 99.6 cm³/mol. The quantitative estimate of drug-likeness (QED) is 0.412. The smallest absolute Gasteiger partial charge is 0.195 e. The topological polar surface area (TPSA) is 43.4 Å². The molecule has 23 heavy (non-hydrogen) atoms. The van der Waals surface area contributed by atoms with Crippen molar-refractivity contribution in [3.05, 3.63) is 78.9 Å². The van der Waals surface area contributed by atoms with Gasteiger partial charge < -0.3 is 0 Å². The molecule has 4 rings (SSSR count). The van der Waals surface area contributed by atoms with Gasteiger partial charge in [0.05, 0.1) is 4.90 Å². The Hall–Kier alpha value is -1.70. The minimum Gasteiger partial charge on any atom is -0.195 e. The summed E-state index contributed by atoms with van der Waals surface area (Å²) in [4.78, 5) is 0.175. The second-order valence-corrected chi connectivity index (χ2v) is 7.51. The molecule has 3 nitrogen and oxygen atoms in total. The number of benzene rings is 3. The molecule has 0 aromatic heterocycles. The SMILES string of the molecule is O=S(=O)(OI)c1ccccc1.c1ccc2c(c1)-c1ccccc1-2. The fourth-order valence-electron chi connectivity index (χ4n) is 2.47. The molecule has 3 aromatic carbocycles. The molecule has 116 valence electrons. The largest absolute Gasteiger partial charge is 0.306 e. The molecule has 0 saturated heterocycles. The zero-order valence-corrected chi connectivity index (χ0v) is 15.0. The molecule has 3 aromatic rings. The van der Waals surface area contributed by atoms with Crippen molar-refractivity contribution in [1.29, 1.82) is 0 Å². The number of rotatable bonds is 2. The zero-order chi connectivity index (χ0) is 16.3. The van der Waals surface area contributed by atoms with Crippen molar-refractivity contribution in [3.8, 4) is 22.3 Å². The summed E-state index contributed by atoms with van der Waals surface area (Å²) in [6.07, 6.45) is 0. The summed E-state index contributed by atoms with van der Waals surface area (Å²) in [6.45, 7) is 0. The molecule has 0 atom stereocenters. The first-order valence-electron chi connectivity index (χ1n) is 6.92. The van der Waals surface area contributed by atoms with E-state index < -0.39 is 10.1 Å². The molecular formula is C18H13IO3S. The first kappa shape index (κ1) is 16.2. The van der Waals surface area contributed by atoms with Crippen LogP contribution in [0.5, 0.6) is 0 Å². The summed E-state index contributed by atoms with van der Waals surface area (Å²) in [6, 6.07) is 25.1. The van der Waals surface area contributed by atoms with E-state index in [0.717, 1.165) is 0 Å². The van der Waals surface area contributed by atoms with Gasteiger partial charge in [-0.3, -0.25) is 0 Å². The molecule has 1 aliphatic rings. The molecule has 0 unspecified atom stereocenters. The lowest BCUT2D eigenvalue weighted by Gasteiger charge is -2.22. The van der Waals surface area contributed by atoms with Crippen LogP contribution in [0.3, 0.4) is 0 Å². The lowest BCUT2D eigenvalue weighted by Crippen LogP contribution is -1.98. The van der Waals surface area contributed by atoms with Crippen LogP contribution >= 0.6 is 23.0 Å². The maximum Gasteiger partial charge on any atom is 0.306 e. The molecule has 0 heterocycles. The Kier molecular flexibility index (Phi) is 4.79. The lowest BCUT2D eigenvalue weighted by molar-refractivity contribution is 0.536. The molecule has 0 spiro atoms. The minimum absolute atomic E-state index is 0.175.